The number of aliphatic hydroxyl groups is 1. The Morgan fingerprint density at radius 1 is 1.19 bits per heavy atom. The normalized spacial score (nSPS) is 12.5. The minimum absolute atomic E-state index is 0.481. The van der Waals surface area contributed by atoms with Gasteiger partial charge in [-0.2, -0.15) is 5.10 Å². The van der Waals surface area contributed by atoms with Crippen LogP contribution in [0.5, 0.6) is 5.75 Å². The zero-order valence-electron chi connectivity index (χ0n) is 12.2. The molecule has 4 nitrogen and oxygen atoms in total. The number of hydrogen-bond acceptors (Lipinski definition) is 3. The number of aliphatic hydroxyl groups excluding tert-OH is 1. The third-order valence-corrected chi connectivity index (χ3v) is 3.70. The van der Waals surface area contributed by atoms with Crippen LogP contribution in [0.3, 0.4) is 0 Å². The lowest BCUT2D eigenvalue weighted by Gasteiger charge is -2.11. The van der Waals surface area contributed by atoms with Gasteiger partial charge in [0.25, 0.3) is 0 Å². The first kappa shape index (κ1) is 13.6. The lowest BCUT2D eigenvalue weighted by molar-refractivity contribution is 0.177. The van der Waals surface area contributed by atoms with Crippen molar-refractivity contribution >= 4 is 10.9 Å². The van der Waals surface area contributed by atoms with E-state index in [-0.39, 0.29) is 0 Å². The molecule has 21 heavy (non-hydrogen) atoms. The second kappa shape index (κ2) is 5.58. The summed E-state index contributed by atoms with van der Waals surface area (Å²) in [5.41, 5.74) is 2.82. The van der Waals surface area contributed by atoms with Crippen molar-refractivity contribution in [2.24, 2.45) is 7.05 Å². The maximum Gasteiger partial charge on any atom is 0.119 e. The summed E-state index contributed by atoms with van der Waals surface area (Å²) in [5.74, 6) is 0.748. The molecule has 0 aliphatic rings. The van der Waals surface area contributed by atoms with Gasteiger partial charge in [-0.3, -0.25) is 4.68 Å². The van der Waals surface area contributed by atoms with Crippen LogP contribution < -0.4 is 4.74 Å². The average molecular weight is 282 g/mol. The molecule has 0 radical (unpaired) electrons. The zero-order chi connectivity index (χ0) is 14.8. The molecular weight excluding hydrogens is 264 g/mol. The highest BCUT2D eigenvalue weighted by Gasteiger charge is 2.15. The molecule has 0 fully saturated rings. The van der Waals surface area contributed by atoms with E-state index >= 15 is 0 Å². The number of fused-ring (bicyclic) bond motifs is 1. The molecule has 4 heteroatoms. The van der Waals surface area contributed by atoms with Gasteiger partial charge >= 0.3 is 0 Å². The van der Waals surface area contributed by atoms with Crippen molar-refractivity contribution in [3.05, 3.63) is 59.8 Å². The van der Waals surface area contributed by atoms with Gasteiger partial charge in [0, 0.05) is 18.9 Å². The van der Waals surface area contributed by atoms with Gasteiger partial charge in [-0.05, 0) is 23.8 Å². The Hall–Kier alpha value is -2.33. The minimum Gasteiger partial charge on any atom is -0.497 e. The Kier molecular flexibility index (Phi) is 3.62. The van der Waals surface area contributed by atoms with E-state index in [0.717, 1.165) is 27.9 Å². The van der Waals surface area contributed by atoms with Gasteiger partial charge in [0.05, 0.1) is 24.4 Å². The van der Waals surface area contributed by atoms with Crippen LogP contribution in [0.2, 0.25) is 0 Å². The molecule has 108 valence electrons. The summed E-state index contributed by atoms with van der Waals surface area (Å²) in [6.45, 7) is 0. The number of rotatable bonds is 4. The molecule has 2 aromatic carbocycles. The van der Waals surface area contributed by atoms with Crippen LogP contribution in [-0.4, -0.2) is 22.0 Å². The Balaban J connectivity index is 1.91. The highest BCUT2D eigenvalue weighted by atomic mass is 16.5. The van der Waals surface area contributed by atoms with Crippen molar-refractivity contribution in [2.75, 3.05) is 7.11 Å². The van der Waals surface area contributed by atoms with Crippen molar-refractivity contribution in [1.82, 2.24) is 9.78 Å². The summed E-state index contributed by atoms with van der Waals surface area (Å²) in [7, 11) is 3.54. The Morgan fingerprint density at radius 3 is 2.81 bits per heavy atom. The molecule has 0 amide bonds. The maximum absolute atomic E-state index is 10.5. The number of nitrogens with zero attached hydrogens (tertiary/aromatic N) is 2. The van der Waals surface area contributed by atoms with Crippen LogP contribution in [0.1, 0.15) is 17.4 Å². The van der Waals surface area contributed by atoms with Gasteiger partial charge in [-0.15, -0.1) is 0 Å². The molecular formula is C17H18N2O2. The third-order valence-electron chi connectivity index (χ3n) is 3.70. The molecule has 0 aliphatic heterocycles. The van der Waals surface area contributed by atoms with Crippen LogP contribution in [0.25, 0.3) is 10.9 Å². The molecule has 3 rings (SSSR count). The van der Waals surface area contributed by atoms with Crippen molar-refractivity contribution in [1.29, 1.82) is 0 Å². The van der Waals surface area contributed by atoms with E-state index in [0.29, 0.717) is 6.42 Å². The number of para-hydroxylation sites is 1. The summed E-state index contributed by atoms with van der Waals surface area (Å²) < 4.78 is 7.05. The van der Waals surface area contributed by atoms with Gasteiger partial charge in [-0.25, -0.2) is 0 Å². The summed E-state index contributed by atoms with van der Waals surface area (Å²) >= 11 is 0. The van der Waals surface area contributed by atoms with E-state index in [4.69, 9.17) is 4.74 Å². The minimum atomic E-state index is -0.599. The lowest BCUT2D eigenvalue weighted by atomic mass is 10.0. The Bertz CT molecular complexity index is 764. The largest absolute Gasteiger partial charge is 0.497 e. The number of aryl methyl sites for hydroxylation is 1. The van der Waals surface area contributed by atoms with Crippen LogP contribution in [0.4, 0.5) is 0 Å². The molecule has 1 heterocycles. The molecule has 0 bridgehead atoms. The molecule has 1 unspecified atom stereocenters. The van der Waals surface area contributed by atoms with Gasteiger partial charge in [0.1, 0.15) is 5.75 Å². The van der Waals surface area contributed by atoms with E-state index in [1.807, 2.05) is 60.3 Å². The van der Waals surface area contributed by atoms with Crippen LogP contribution in [0.15, 0.2) is 48.5 Å². The van der Waals surface area contributed by atoms with Crippen LogP contribution in [0, 0.1) is 0 Å². The number of methoxy groups -OCH3 is 1. The number of aromatic nitrogens is 2. The topological polar surface area (TPSA) is 47.3 Å². The summed E-state index contributed by atoms with van der Waals surface area (Å²) in [5, 5.41) is 16.1. The monoisotopic (exact) mass is 282 g/mol. The van der Waals surface area contributed by atoms with Crippen LogP contribution in [-0.2, 0) is 13.5 Å². The Morgan fingerprint density at radius 2 is 2.00 bits per heavy atom. The van der Waals surface area contributed by atoms with Crippen molar-refractivity contribution in [2.45, 2.75) is 12.5 Å². The van der Waals surface area contributed by atoms with Crippen molar-refractivity contribution in [3.63, 3.8) is 0 Å². The van der Waals surface area contributed by atoms with Gasteiger partial charge in [-0.1, -0.05) is 30.3 Å². The highest BCUT2D eigenvalue weighted by Crippen LogP contribution is 2.25. The molecule has 0 spiro atoms. The van der Waals surface area contributed by atoms with Gasteiger partial charge in [0.2, 0.25) is 0 Å². The van der Waals surface area contributed by atoms with Crippen LogP contribution >= 0.6 is 0 Å². The SMILES string of the molecule is COc1cccc(C(O)Cc2nn(C)c3ccccc23)c1. The molecule has 0 saturated heterocycles. The molecule has 0 aliphatic carbocycles. The first-order valence-electron chi connectivity index (χ1n) is 6.91. The summed E-state index contributed by atoms with van der Waals surface area (Å²) in [6, 6.07) is 15.6. The fraction of sp³-hybridized carbons (Fsp3) is 0.235. The number of hydrogen-bond donors (Lipinski definition) is 1. The smallest absolute Gasteiger partial charge is 0.119 e. The van der Waals surface area contributed by atoms with Crippen molar-refractivity contribution in [3.8, 4) is 5.75 Å². The maximum atomic E-state index is 10.5. The average Bonchev–Trinajstić information content (AvgIpc) is 2.84. The molecule has 1 N–H and O–H groups in total. The second-order valence-electron chi connectivity index (χ2n) is 5.08. The first-order valence-corrected chi connectivity index (χ1v) is 6.91. The molecule has 3 aromatic rings. The molecule has 1 atom stereocenters. The van der Waals surface area contributed by atoms with E-state index in [1.54, 1.807) is 7.11 Å². The van der Waals surface area contributed by atoms with E-state index in [9.17, 15) is 5.11 Å². The fourth-order valence-corrected chi connectivity index (χ4v) is 2.59. The fourth-order valence-electron chi connectivity index (χ4n) is 2.59. The predicted octanol–water partition coefficient (Wildman–Crippen LogP) is 2.86. The predicted molar refractivity (Wildman–Crippen MR) is 82.4 cm³/mol. The summed E-state index contributed by atoms with van der Waals surface area (Å²) in [6.07, 6.45) is -0.118. The summed E-state index contributed by atoms with van der Waals surface area (Å²) in [4.78, 5) is 0. The zero-order valence-corrected chi connectivity index (χ0v) is 12.2. The van der Waals surface area contributed by atoms with E-state index in [2.05, 4.69) is 5.10 Å². The van der Waals surface area contributed by atoms with Gasteiger partial charge in [0.15, 0.2) is 0 Å². The quantitative estimate of drug-likeness (QED) is 0.800. The molecule has 0 saturated carbocycles. The standard InChI is InChI=1S/C17H18N2O2/c1-19-16-9-4-3-8-14(16)15(18-19)11-17(20)12-6-5-7-13(10-12)21-2/h3-10,17,20H,11H2,1-2H3. The van der Waals surface area contributed by atoms with Crippen molar-refractivity contribution < 1.29 is 9.84 Å². The van der Waals surface area contributed by atoms with E-state index in [1.165, 1.54) is 0 Å². The molecule has 1 aromatic heterocycles. The number of ether oxygens (including phenoxy) is 1. The number of benzene rings is 2. The Labute approximate surface area is 123 Å². The second-order valence-corrected chi connectivity index (χ2v) is 5.08. The highest BCUT2D eigenvalue weighted by molar-refractivity contribution is 5.81. The van der Waals surface area contributed by atoms with E-state index < -0.39 is 6.10 Å². The first-order chi connectivity index (χ1) is 10.2. The van der Waals surface area contributed by atoms with Gasteiger partial charge < -0.3 is 9.84 Å². The third kappa shape index (κ3) is 2.62. The lowest BCUT2D eigenvalue weighted by Crippen LogP contribution is -2.03.